The molecule has 3 N–H and O–H groups in total. The monoisotopic (exact) mass is 412 g/mol. The molecule has 0 saturated heterocycles. The van der Waals surface area contributed by atoms with Gasteiger partial charge in [-0.1, -0.05) is 26.0 Å². The summed E-state index contributed by atoms with van der Waals surface area (Å²) in [5.41, 5.74) is 0.406. The van der Waals surface area contributed by atoms with Gasteiger partial charge in [0.2, 0.25) is 15.9 Å². The normalized spacial score (nSPS) is 13.2. The van der Waals surface area contributed by atoms with E-state index >= 15 is 0 Å². The first kappa shape index (κ1) is 24.1. The van der Waals surface area contributed by atoms with Crippen LogP contribution in [0, 0.1) is 0 Å². The van der Waals surface area contributed by atoms with Crippen molar-refractivity contribution in [2.45, 2.75) is 58.0 Å². The molecule has 0 saturated carbocycles. The van der Waals surface area contributed by atoms with E-state index in [9.17, 15) is 18.0 Å². The highest BCUT2D eigenvalue weighted by Gasteiger charge is 2.21. The van der Waals surface area contributed by atoms with Gasteiger partial charge in [0.1, 0.15) is 0 Å². The molecule has 3 amide bonds. The van der Waals surface area contributed by atoms with Crippen molar-refractivity contribution in [3.8, 4) is 0 Å². The number of rotatable bonds is 8. The van der Waals surface area contributed by atoms with Gasteiger partial charge < -0.3 is 10.6 Å². The number of hydrogen-bond donors (Lipinski definition) is 3. The van der Waals surface area contributed by atoms with Crippen molar-refractivity contribution in [1.29, 1.82) is 0 Å². The largest absolute Gasteiger partial charge is 0.333 e. The minimum atomic E-state index is -3.49. The van der Waals surface area contributed by atoms with Crippen LogP contribution in [0.5, 0.6) is 0 Å². The van der Waals surface area contributed by atoms with Gasteiger partial charge in [-0.05, 0) is 45.4 Å². The number of urea groups is 1. The van der Waals surface area contributed by atoms with Crippen LogP contribution < -0.4 is 16.0 Å². The molecule has 1 atom stereocenters. The van der Waals surface area contributed by atoms with Crippen molar-refractivity contribution in [2.24, 2.45) is 0 Å². The van der Waals surface area contributed by atoms with Crippen molar-refractivity contribution in [1.82, 2.24) is 20.3 Å². The van der Waals surface area contributed by atoms with Gasteiger partial charge in [0, 0.05) is 24.7 Å². The lowest BCUT2D eigenvalue weighted by molar-refractivity contribution is -0.119. The van der Waals surface area contributed by atoms with Crippen molar-refractivity contribution >= 4 is 22.0 Å². The molecule has 0 aliphatic heterocycles. The van der Waals surface area contributed by atoms with Gasteiger partial charge in [0.05, 0.1) is 11.4 Å². The molecule has 9 heteroatoms. The second kappa shape index (κ2) is 9.99. The molecular weight excluding hydrogens is 380 g/mol. The molecule has 0 unspecified atom stereocenters. The van der Waals surface area contributed by atoms with Gasteiger partial charge in [0.25, 0.3) is 0 Å². The number of benzene rings is 1. The molecule has 0 aliphatic rings. The summed E-state index contributed by atoms with van der Waals surface area (Å²) in [6, 6.07) is 5.84. The summed E-state index contributed by atoms with van der Waals surface area (Å²) in [6.07, 6.45) is 0. The highest BCUT2D eigenvalue weighted by Crippen LogP contribution is 2.19. The predicted octanol–water partition coefficient (Wildman–Crippen LogP) is 1.99. The van der Waals surface area contributed by atoms with Crippen LogP contribution >= 0.6 is 0 Å². The lowest BCUT2D eigenvalue weighted by Crippen LogP contribution is -2.50. The van der Waals surface area contributed by atoms with Crippen LogP contribution in [0.15, 0.2) is 29.2 Å². The van der Waals surface area contributed by atoms with Gasteiger partial charge in [-0.2, -0.15) is 4.31 Å². The second-order valence-corrected chi connectivity index (χ2v) is 9.45. The average molecular weight is 413 g/mol. The maximum absolute atomic E-state index is 12.5. The fourth-order valence-corrected chi connectivity index (χ4v) is 4.01. The van der Waals surface area contributed by atoms with E-state index in [-0.39, 0.29) is 17.5 Å². The van der Waals surface area contributed by atoms with E-state index in [0.29, 0.717) is 13.1 Å². The van der Waals surface area contributed by atoms with Gasteiger partial charge in [-0.15, -0.1) is 0 Å². The third kappa shape index (κ3) is 7.21. The molecule has 158 valence electrons. The third-order valence-electron chi connectivity index (χ3n) is 4.03. The highest BCUT2D eigenvalue weighted by atomic mass is 32.2. The first-order valence-corrected chi connectivity index (χ1v) is 10.8. The lowest BCUT2D eigenvalue weighted by Gasteiger charge is -2.21. The quantitative estimate of drug-likeness (QED) is 0.605. The van der Waals surface area contributed by atoms with E-state index in [2.05, 4.69) is 16.0 Å². The topological polar surface area (TPSA) is 108 Å². The zero-order chi connectivity index (χ0) is 21.5. The Kier molecular flexibility index (Phi) is 8.59. The summed E-state index contributed by atoms with van der Waals surface area (Å²) in [6.45, 7) is 11.7. The first-order valence-electron chi connectivity index (χ1n) is 9.36. The predicted molar refractivity (Wildman–Crippen MR) is 109 cm³/mol. The van der Waals surface area contributed by atoms with Crippen molar-refractivity contribution in [3.63, 3.8) is 0 Å². The molecule has 0 spiro atoms. The van der Waals surface area contributed by atoms with Crippen molar-refractivity contribution in [2.75, 3.05) is 19.6 Å². The standard InChI is InChI=1S/C19H32N4O4S/c1-7-23(8-2)28(26,27)16-11-9-15(10-12-16)14(3)20-13-17(24)21-18(25)22-19(4,5)6/h9-12,14,20H,7-8,13H2,1-6H3,(H2,21,22,24,25)/t14-/m0/s1. The van der Waals surface area contributed by atoms with Gasteiger partial charge in [-0.25, -0.2) is 13.2 Å². The van der Waals surface area contributed by atoms with Crippen LogP contribution in [0.2, 0.25) is 0 Å². The number of carbonyl (C=O) groups is 2. The molecule has 0 radical (unpaired) electrons. The van der Waals surface area contributed by atoms with Gasteiger partial charge in [-0.3, -0.25) is 10.1 Å². The Balaban J connectivity index is 2.65. The summed E-state index contributed by atoms with van der Waals surface area (Å²) < 4.78 is 26.4. The van der Waals surface area contributed by atoms with Crippen molar-refractivity contribution in [3.05, 3.63) is 29.8 Å². The van der Waals surface area contributed by atoms with Crippen LogP contribution in [-0.4, -0.2) is 49.8 Å². The SMILES string of the molecule is CCN(CC)S(=O)(=O)c1ccc([C@H](C)NCC(=O)NC(=O)NC(C)(C)C)cc1. The fourth-order valence-electron chi connectivity index (χ4n) is 2.55. The molecule has 0 heterocycles. The fraction of sp³-hybridized carbons (Fsp3) is 0.579. The molecule has 0 bridgehead atoms. The van der Waals surface area contributed by atoms with E-state index in [4.69, 9.17) is 0 Å². The molecule has 0 fully saturated rings. The zero-order valence-corrected chi connectivity index (χ0v) is 18.3. The highest BCUT2D eigenvalue weighted by molar-refractivity contribution is 7.89. The van der Waals surface area contributed by atoms with E-state index in [1.165, 1.54) is 4.31 Å². The molecular formula is C19H32N4O4S. The summed E-state index contributed by atoms with van der Waals surface area (Å²) in [5.74, 6) is -0.450. The summed E-state index contributed by atoms with van der Waals surface area (Å²) in [7, 11) is -3.49. The van der Waals surface area contributed by atoms with Crippen LogP contribution in [-0.2, 0) is 14.8 Å². The Morgan fingerprint density at radius 1 is 1.07 bits per heavy atom. The van der Waals surface area contributed by atoms with E-state index in [0.717, 1.165) is 5.56 Å². The zero-order valence-electron chi connectivity index (χ0n) is 17.5. The summed E-state index contributed by atoms with van der Waals surface area (Å²) in [5, 5.41) is 7.93. The third-order valence-corrected chi connectivity index (χ3v) is 6.10. The maximum Gasteiger partial charge on any atom is 0.321 e. The van der Waals surface area contributed by atoms with E-state index < -0.39 is 27.5 Å². The second-order valence-electron chi connectivity index (χ2n) is 7.51. The molecule has 1 aromatic rings. The average Bonchev–Trinajstić information content (AvgIpc) is 2.58. The van der Waals surface area contributed by atoms with E-state index in [1.807, 2.05) is 27.7 Å². The number of hydrogen-bond acceptors (Lipinski definition) is 5. The van der Waals surface area contributed by atoms with Crippen LogP contribution in [0.25, 0.3) is 0 Å². The molecule has 28 heavy (non-hydrogen) atoms. The maximum atomic E-state index is 12.5. The van der Waals surface area contributed by atoms with Crippen LogP contribution in [0.4, 0.5) is 4.79 Å². The van der Waals surface area contributed by atoms with Crippen LogP contribution in [0.1, 0.15) is 53.1 Å². The Bertz CT molecular complexity index is 766. The molecule has 0 aromatic heterocycles. The minimum absolute atomic E-state index is 0.0434. The lowest BCUT2D eigenvalue weighted by atomic mass is 10.1. The molecule has 1 aromatic carbocycles. The number of nitrogens with zero attached hydrogens (tertiary/aromatic N) is 1. The Labute approximate surface area is 168 Å². The Morgan fingerprint density at radius 3 is 2.07 bits per heavy atom. The van der Waals surface area contributed by atoms with Gasteiger partial charge >= 0.3 is 6.03 Å². The molecule has 8 nitrogen and oxygen atoms in total. The van der Waals surface area contributed by atoms with Gasteiger partial charge in [0.15, 0.2) is 0 Å². The number of carbonyl (C=O) groups excluding carboxylic acids is 2. The van der Waals surface area contributed by atoms with Crippen molar-refractivity contribution < 1.29 is 18.0 Å². The number of imide groups is 1. The number of amides is 3. The molecule has 1 rings (SSSR count). The number of nitrogens with one attached hydrogen (secondary N) is 3. The summed E-state index contributed by atoms with van der Waals surface area (Å²) >= 11 is 0. The Morgan fingerprint density at radius 2 is 1.61 bits per heavy atom. The van der Waals surface area contributed by atoms with Crippen LogP contribution in [0.3, 0.4) is 0 Å². The minimum Gasteiger partial charge on any atom is -0.333 e. The molecule has 0 aliphatic carbocycles. The summed E-state index contributed by atoms with van der Waals surface area (Å²) in [4.78, 5) is 23.8. The number of sulfonamides is 1. The first-order chi connectivity index (χ1) is 12.9. The smallest absolute Gasteiger partial charge is 0.321 e. The Hall–Kier alpha value is -1.97. The van der Waals surface area contributed by atoms with E-state index in [1.54, 1.807) is 38.1 Å².